The molecule has 0 amide bonds. The summed E-state index contributed by atoms with van der Waals surface area (Å²) in [6.45, 7) is 0. The molecule has 0 atom stereocenters. The van der Waals surface area contributed by atoms with Crippen molar-refractivity contribution in [3.8, 4) is 16.2 Å². The Kier molecular flexibility index (Phi) is 3.96. The molecule has 3 aromatic rings. The maximum atomic E-state index is 12.9. The van der Waals surface area contributed by atoms with E-state index in [4.69, 9.17) is 4.74 Å². The zero-order valence-electron chi connectivity index (χ0n) is 11.8. The molecule has 0 N–H and O–H groups in total. The van der Waals surface area contributed by atoms with Gasteiger partial charge in [-0.15, -0.1) is 11.3 Å². The highest BCUT2D eigenvalue weighted by Crippen LogP contribution is 2.36. The topological polar surface area (TPSA) is 56.3 Å². The van der Waals surface area contributed by atoms with E-state index in [0.29, 0.717) is 10.6 Å². The molecule has 0 aliphatic heterocycles. The lowest BCUT2D eigenvalue weighted by Gasteiger charge is -2.09. The molecule has 0 radical (unpaired) electrons. The fourth-order valence-electron chi connectivity index (χ4n) is 2.15. The molecule has 0 unspecified atom stereocenters. The molecule has 0 spiro atoms. The summed E-state index contributed by atoms with van der Waals surface area (Å²) in [5.41, 5.74) is 2.38. The fraction of sp³-hybridized carbons (Fsp3) is 0.0625. The van der Waals surface area contributed by atoms with Crippen molar-refractivity contribution in [3.63, 3.8) is 0 Å². The predicted molar refractivity (Wildman–Crippen MR) is 86.0 cm³/mol. The minimum atomic E-state index is -3.74. The number of methoxy groups -OCH3 is 1. The van der Waals surface area contributed by atoms with Crippen LogP contribution in [0.2, 0.25) is 0 Å². The average Bonchev–Trinajstić information content (AvgIpc) is 3.06. The summed E-state index contributed by atoms with van der Waals surface area (Å²) in [6, 6.07) is 15.9. The number of hydrogen-bond donors (Lipinski definition) is 0. The first-order chi connectivity index (χ1) is 10.6. The lowest BCUT2D eigenvalue weighted by molar-refractivity contribution is 0.402. The fourth-order valence-corrected chi connectivity index (χ4v) is 4.82. The molecular formula is C16H13NO3S2. The van der Waals surface area contributed by atoms with Gasteiger partial charge in [-0.1, -0.05) is 42.5 Å². The molecule has 3 rings (SSSR count). The van der Waals surface area contributed by atoms with Crippen LogP contribution in [0.4, 0.5) is 0 Å². The second kappa shape index (κ2) is 5.90. The van der Waals surface area contributed by atoms with E-state index in [-0.39, 0.29) is 9.92 Å². The van der Waals surface area contributed by atoms with Crippen molar-refractivity contribution in [2.75, 3.05) is 7.11 Å². The molecule has 4 nitrogen and oxygen atoms in total. The first-order valence-electron chi connectivity index (χ1n) is 6.51. The number of sulfone groups is 1. The maximum absolute atomic E-state index is 12.9. The van der Waals surface area contributed by atoms with Gasteiger partial charge in [0.25, 0.3) is 0 Å². The van der Waals surface area contributed by atoms with E-state index in [0.717, 1.165) is 5.56 Å². The summed E-state index contributed by atoms with van der Waals surface area (Å²) in [6.07, 6.45) is 0. The highest BCUT2D eigenvalue weighted by molar-refractivity contribution is 7.91. The molecule has 2 aromatic carbocycles. The van der Waals surface area contributed by atoms with Gasteiger partial charge in [0, 0.05) is 0 Å². The highest BCUT2D eigenvalue weighted by atomic mass is 32.2. The molecular weight excluding hydrogens is 318 g/mol. The van der Waals surface area contributed by atoms with E-state index >= 15 is 0 Å². The molecule has 22 heavy (non-hydrogen) atoms. The van der Waals surface area contributed by atoms with Crippen LogP contribution in [0.5, 0.6) is 5.75 Å². The van der Waals surface area contributed by atoms with Gasteiger partial charge in [0.2, 0.25) is 9.84 Å². The Morgan fingerprint density at radius 1 is 1.00 bits per heavy atom. The Balaban J connectivity index is 2.18. The number of aromatic nitrogens is 1. The van der Waals surface area contributed by atoms with Crippen molar-refractivity contribution in [2.45, 2.75) is 9.92 Å². The van der Waals surface area contributed by atoms with Gasteiger partial charge in [-0.2, -0.15) is 0 Å². The molecule has 0 bridgehead atoms. The van der Waals surface area contributed by atoms with Gasteiger partial charge < -0.3 is 4.74 Å². The normalized spacial score (nSPS) is 11.3. The predicted octanol–water partition coefficient (Wildman–Crippen LogP) is 3.65. The summed E-state index contributed by atoms with van der Waals surface area (Å²) < 4.78 is 31.0. The van der Waals surface area contributed by atoms with Crippen molar-refractivity contribution >= 4 is 21.2 Å². The van der Waals surface area contributed by atoms with Gasteiger partial charge in [-0.25, -0.2) is 13.4 Å². The maximum Gasteiger partial charge on any atom is 0.228 e. The van der Waals surface area contributed by atoms with Crippen molar-refractivity contribution in [1.82, 2.24) is 4.98 Å². The Hall–Kier alpha value is -2.18. The van der Waals surface area contributed by atoms with Crippen LogP contribution < -0.4 is 4.74 Å². The molecule has 0 aliphatic rings. The summed E-state index contributed by atoms with van der Waals surface area (Å²) in [7, 11) is -2.29. The summed E-state index contributed by atoms with van der Waals surface area (Å²) in [4.78, 5) is 4.85. The van der Waals surface area contributed by atoms with E-state index in [1.807, 2.05) is 30.3 Å². The van der Waals surface area contributed by atoms with E-state index in [1.54, 1.807) is 23.7 Å². The molecule has 0 saturated carbocycles. The number of benzene rings is 2. The molecule has 6 heteroatoms. The third kappa shape index (κ3) is 2.51. The first kappa shape index (κ1) is 14.7. The minimum Gasteiger partial charge on any atom is -0.495 e. The number of ether oxygens (including phenoxy) is 1. The molecule has 0 saturated heterocycles. The van der Waals surface area contributed by atoms with E-state index in [9.17, 15) is 8.42 Å². The molecule has 112 valence electrons. The lowest BCUT2D eigenvalue weighted by atomic mass is 10.2. The van der Waals surface area contributed by atoms with Crippen LogP contribution in [-0.2, 0) is 9.84 Å². The van der Waals surface area contributed by atoms with E-state index < -0.39 is 9.84 Å². The van der Waals surface area contributed by atoms with Gasteiger partial charge in [-0.05, 0) is 17.7 Å². The number of hydrogen-bond acceptors (Lipinski definition) is 5. The molecule has 0 fully saturated rings. The Morgan fingerprint density at radius 2 is 1.68 bits per heavy atom. The average molecular weight is 331 g/mol. The standard InChI is InChI=1S/C16H13NO3S2/c1-20-13-9-5-6-10-14(13)22(18,19)16-15(21-11-17-16)12-7-3-2-4-8-12/h2-11H,1H3. The Morgan fingerprint density at radius 3 is 2.41 bits per heavy atom. The van der Waals surface area contributed by atoms with Gasteiger partial charge in [-0.3, -0.25) is 0 Å². The molecule has 0 aliphatic carbocycles. The first-order valence-corrected chi connectivity index (χ1v) is 8.88. The van der Waals surface area contributed by atoms with Crippen LogP contribution in [0.25, 0.3) is 10.4 Å². The van der Waals surface area contributed by atoms with E-state index in [2.05, 4.69) is 4.98 Å². The summed E-state index contributed by atoms with van der Waals surface area (Å²) in [5, 5.41) is 0.0631. The number of para-hydroxylation sites is 1. The van der Waals surface area contributed by atoms with Crippen molar-refractivity contribution in [2.24, 2.45) is 0 Å². The minimum absolute atomic E-state index is 0.0631. The monoisotopic (exact) mass is 331 g/mol. The van der Waals surface area contributed by atoms with Crippen LogP contribution in [-0.4, -0.2) is 20.5 Å². The van der Waals surface area contributed by atoms with Crippen molar-refractivity contribution < 1.29 is 13.2 Å². The van der Waals surface area contributed by atoms with Crippen LogP contribution in [0.3, 0.4) is 0 Å². The molecule has 1 aromatic heterocycles. The third-order valence-corrected chi connectivity index (χ3v) is 5.92. The SMILES string of the molecule is COc1ccccc1S(=O)(=O)c1ncsc1-c1ccccc1. The Labute approximate surface area is 133 Å². The lowest BCUT2D eigenvalue weighted by Crippen LogP contribution is -2.05. The number of rotatable bonds is 4. The van der Waals surface area contributed by atoms with E-state index in [1.165, 1.54) is 24.5 Å². The van der Waals surface area contributed by atoms with Crippen LogP contribution in [0.1, 0.15) is 0 Å². The summed E-state index contributed by atoms with van der Waals surface area (Å²) >= 11 is 1.31. The zero-order chi connectivity index (χ0) is 15.6. The molecule has 1 heterocycles. The van der Waals surface area contributed by atoms with Crippen molar-refractivity contribution in [3.05, 3.63) is 60.1 Å². The van der Waals surface area contributed by atoms with Gasteiger partial charge >= 0.3 is 0 Å². The summed E-state index contributed by atoms with van der Waals surface area (Å²) in [5.74, 6) is 0.314. The van der Waals surface area contributed by atoms with Crippen LogP contribution >= 0.6 is 11.3 Å². The van der Waals surface area contributed by atoms with Crippen molar-refractivity contribution in [1.29, 1.82) is 0 Å². The Bertz CT molecular complexity index is 887. The second-order valence-electron chi connectivity index (χ2n) is 4.51. The third-order valence-electron chi connectivity index (χ3n) is 3.18. The quantitative estimate of drug-likeness (QED) is 0.732. The van der Waals surface area contributed by atoms with Gasteiger partial charge in [0.05, 0.1) is 17.5 Å². The highest BCUT2D eigenvalue weighted by Gasteiger charge is 2.27. The number of thiazole rings is 1. The van der Waals surface area contributed by atoms with Crippen LogP contribution in [0.15, 0.2) is 70.0 Å². The smallest absolute Gasteiger partial charge is 0.228 e. The zero-order valence-corrected chi connectivity index (χ0v) is 13.4. The van der Waals surface area contributed by atoms with Gasteiger partial charge in [0.15, 0.2) is 5.03 Å². The second-order valence-corrected chi connectivity index (χ2v) is 7.20. The number of nitrogens with zero attached hydrogens (tertiary/aromatic N) is 1. The largest absolute Gasteiger partial charge is 0.495 e. The van der Waals surface area contributed by atoms with Crippen LogP contribution in [0, 0.1) is 0 Å². The van der Waals surface area contributed by atoms with Gasteiger partial charge in [0.1, 0.15) is 10.6 Å².